The Balaban J connectivity index is 1.58. The molecule has 6 heteroatoms. The molecule has 0 saturated carbocycles. The Morgan fingerprint density at radius 1 is 1.13 bits per heavy atom. The quantitative estimate of drug-likeness (QED) is 0.817. The molecule has 0 radical (unpaired) electrons. The van der Waals surface area contributed by atoms with E-state index in [1.54, 1.807) is 24.3 Å². The molecule has 120 valence electrons. The summed E-state index contributed by atoms with van der Waals surface area (Å²) in [7, 11) is 0. The van der Waals surface area contributed by atoms with Crippen LogP contribution in [0.1, 0.15) is 12.0 Å². The van der Waals surface area contributed by atoms with E-state index in [0.717, 1.165) is 0 Å². The molecule has 1 unspecified atom stereocenters. The molecule has 1 atom stereocenters. The van der Waals surface area contributed by atoms with Crippen LogP contribution >= 0.6 is 11.6 Å². The minimum absolute atomic E-state index is 0.0112. The first-order valence-electron chi connectivity index (χ1n) is 7.17. The molecule has 0 spiro atoms. The van der Waals surface area contributed by atoms with E-state index in [0.29, 0.717) is 23.8 Å². The summed E-state index contributed by atoms with van der Waals surface area (Å²) in [6.45, 7) is 0.708. The van der Waals surface area contributed by atoms with Crippen LogP contribution in [0.2, 0.25) is 5.02 Å². The molecule has 0 N–H and O–H groups in total. The van der Waals surface area contributed by atoms with E-state index in [2.05, 4.69) is 4.99 Å². The zero-order chi connectivity index (χ0) is 16.2. The van der Waals surface area contributed by atoms with Gasteiger partial charge in [-0.3, -0.25) is 0 Å². The maximum atomic E-state index is 13.7. The lowest BCUT2D eigenvalue weighted by atomic mass is 10.2. The van der Waals surface area contributed by atoms with Crippen molar-refractivity contribution in [1.82, 2.24) is 0 Å². The fraction of sp³-hybridized carbons (Fsp3) is 0.235. The smallest absolute Gasteiger partial charge is 0.222 e. The average molecular weight is 338 g/mol. The molecule has 3 nitrogen and oxygen atoms in total. The fourth-order valence-electron chi connectivity index (χ4n) is 2.25. The monoisotopic (exact) mass is 337 g/mol. The fourth-order valence-corrected chi connectivity index (χ4v) is 2.37. The highest BCUT2D eigenvalue weighted by Crippen LogP contribution is 2.20. The highest BCUT2D eigenvalue weighted by Gasteiger charge is 2.24. The third-order valence-corrected chi connectivity index (χ3v) is 3.67. The van der Waals surface area contributed by atoms with Gasteiger partial charge in [-0.05, 0) is 36.4 Å². The number of aliphatic imine (C=N–C) groups is 1. The highest BCUT2D eigenvalue weighted by molar-refractivity contribution is 6.30. The first-order chi connectivity index (χ1) is 11.1. The minimum atomic E-state index is -0.679. The van der Waals surface area contributed by atoms with Crippen LogP contribution in [0, 0.1) is 11.6 Å². The first-order valence-corrected chi connectivity index (χ1v) is 7.54. The Hall–Kier alpha value is -2.14. The van der Waals surface area contributed by atoms with Gasteiger partial charge in [-0.25, -0.2) is 13.8 Å². The van der Waals surface area contributed by atoms with Gasteiger partial charge in [0.25, 0.3) is 0 Å². The summed E-state index contributed by atoms with van der Waals surface area (Å²) >= 11 is 5.80. The number of hydrogen-bond acceptors (Lipinski definition) is 3. The molecule has 1 heterocycles. The standard InChI is InChI=1S/C17H14ClF2NO2/c18-11-4-6-13(7-5-11)22-9-8-12-10-23-17(21-12)16-14(19)2-1-3-15(16)20/h1-7,12H,8-10H2. The highest BCUT2D eigenvalue weighted by atomic mass is 35.5. The van der Waals surface area contributed by atoms with Crippen LogP contribution in [0.5, 0.6) is 5.75 Å². The third-order valence-electron chi connectivity index (χ3n) is 3.42. The molecule has 3 rings (SSSR count). The number of nitrogens with zero attached hydrogens (tertiary/aromatic N) is 1. The van der Waals surface area contributed by atoms with Crippen LogP contribution in [-0.2, 0) is 4.74 Å². The predicted molar refractivity (Wildman–Crippen MR) is 84.2 cm³/mol. The molecule has 0 bridgehead atoms. The normalized spacial score (nSPS) is 16.8. The number of hydrogen-bond donors (Lipinski definition) is 0. The van der Waals surface area contributed by atoms with Crippen molar-refractivity contribution >= 4 is 17.5 Å². The number of halogens is 3. The maximum Gasteiger partial charge on any atom is 0.222 e. The summed E-state index contributed by atoms with van der Waals surface area (Å²) in [4.78, 5) is 4.24. The van der Waals surface area contributed by atoms with E-state index in [1.165, 1.54) is 18.2 Å². The van der Waals surface area contributed by atoms with Gasteiger partial charge >= 0.3 is 0 Å². The van der Waals surface area contributed by atoms with Crippen molar-refractivity contribution in [3.8, 4) is 5.75 Å². The van der Waals surface area contributed by atoms with E-state index >= 15 is 0 Å². The summed E-state index contributed by atoms with van der Waals surface area (Å²) in [6, 6.07) is 10.5. The molecule has 1 aliphatic rings. The van der Waals surface area contributed by atoms with Gasteiger partial charge in [0.1, 0.15) is 29.6 Å². The summed E-state index contributed by atoms with van der Waals surface area (Å²) in [5, 5.41) is 0.641. The van der Waals surface area contributed by atoms with Crippen LogP contribution in [0.3, 0.4) is 0 Å². The van der Waals surface area contributed by atoms with Crippen molar-refractivity contribution in [3.63, 3.8) is 0 Å². The van der Waals surface area contributed by atoms with E-state index in [-0.39, 0.29) is 24.1 Å². The van der Waals surface area contributed by atoms with Gasteiger partial charge in [0.15, 0.2) is 0 Å². The summed E-state index contributed by atoms with van der Waals surface area (Å²) < 4.78 is 38.3. The second kappa shape index (κ2) is 6.96. The van der Waals surface area contributed by atoms with Gasteiger partial charge in [-0.2, -0.15) is 0 Å². The summed E-state index contributed by atoms with van der Waals surface area (Å²) in [5.74, 6) is -0.640. The van der Waals surface area contributed by atoms with Gasteiger partial charge in [0, 0.05) is 11.4 Å². The summed E-state index contributed by atoms with van der Waals surface area (Å²) in [6.07, 6.45) is 0.586. The molecule has 23 heavy (non-hydrogen) atoms. The lowest BCUT2D eigenvalue weighted by Gasteiger charge is -2.07. The number of ether oxygens (including phenoxy) is 2. The van der Waals surface area contributed by atoms with Crippen molar-refractivity contribution in [2.24, 2.45) is 4.99 Å². The minimum Gasteiger partial charge on any atom is -0.494 e. The lowest BCUT2D eigenvalue weighted by Crippen LogP contribution is -2.11. The Labute approximate surface area is 137 Å². The van der Waals surface area contributed by atoms with Gasteiger partial charge in [-0.1, -0.05) is 17.7 Å². The third kappa shape index (κ3) is 3.79. The second-order valence-electron chi connectivity index (χ2n) is 5.09. The average Bonchev–Trinajstić information content (AvgIpc) is 2.98. The van der Waals surface area contributed by atoms with Gasteiger partial charge in [-0.15, -0.1) is 0 Å². The number of rotatable bonds is 5. The van der Waals surface area contributed by atoms with Crippen molar-refractivity contribution in [3.05, 3.63) is 64.7 Å². The van der Waals surface area contributed by atoms with E-state index in [9.17, 15) is 8.78 Å². The molecule has 0 amide bonds. The predicted octanol–water partition coefficient (Wildman–Crippen LogP) is 4.23. The van der Waals surface area contributed by atoms with Crippen LogP contribution in [0.4, 0.5) is 8.78 Å². The van der Waals surface area contributed by atoms with E-state index in [4.69, 9.17) is 21.1 Å². The van der Waals surface area contributed by atoms with Crippen LogP contribution in [0.15, 0.2) is 47.5 Å². The second-order valence-corrected chi connectivity index (χ2v) is 5.52. The Morgan fingerprint density at radius 3 is 2.52 bits per heavy atom. The largest absolute Gasteiger partial charge is 0.494 e. The van der Waals surface area contributed by atoms with Gasteiger partial charge < -0.3 is 9.47 Å². The maximum absolute atomic E-state index is 13.7. The molecule has 0 fully saturated rings. The zero-order valence-corrected chi connectivity index (χ0v) is 12.9. The van der Waals surface area contributed by atoms with Crippen LogP contribution < -0.4 is 4.74 Å². The van der Waals surface area contributed by atoms with E-state index in [1.807, 2.05) is 0 Å². The Bertz CT molecular complexity index is 699. The van der Waals surface area contributed by atoms with Crippen LogP contribution in [0.25, 0.3) is 0 Å². The molecule has 0 aromatic heterocycles. The van der Waals surface area contributed by atoms with Crippen molar-refractivity contribution in [2.75, 3.05) is 13.2 Å². The van der Waals surface area contributed by atoms with Crippen LogP contribution in [-0.4, -0.2) is 25.2 Å². The van der Waals surface area contributed by atoms with Crippen molar-refractivity contribution < 1.29 is 18.3 Å². The Kier molecular flexibility index (Phi) is 4.76. The SMILES string of the molecule is Fc1cccc(F)c1C1=NC(CCOc2ccc(Cl)cc2)CO1. The van der Waals surface area contributed by atoms with Crippen molar-refractivity contribution in [1.29, 1.82) is 0 Å². The van der Waals surface area contributed by atoms with Crippen molar-refractivity contribution in [2.45, 2.75) is 12.5 Å². The number of benzene rings is 2. The first kappa shape index (κ1) is 15.7. The van der Waals surface area contributed by atoms with Gasteiger partial charge in [0.05, 0.1) is 12.6 Å². The molecule has 2 aromatic rings. The topological polar surface area (TPSA) is 30.8 Å². The van der Waals surface area contributed by atoms with Gasteiger partial charge in [0.2, 0.25) is 5.90 Å². The molecular formula is C17H14ClF2NO2. The zero-order valence-electron chi connectivity index (χ0n) is 12.1. The molecule has 2 aromatic carbocycles. The molecular weight excluding hydrogens is 324 g/mol. The molecule has 0 aliphatic carbocycles. The summed E-state index contributed by atoms with van der Waals surface area (Å²) in [5.41, 5.74) is -0.214. The Morgan fingerprint density at radius 2 is 1.83 bits per heavy atom. The molecule has 1 aliphatic heterocycles. The van der Waals surface area contributed by atoms with E-state index < -0.39 is 11.6 Å². The lowest BCUT2D eigenvalue weighted by molar-refractivity contribution is 0.264. The molecule has 0 saturated heterocycles.